The van der Waals surface area contributed by atoms with Crippen LogP contribution in [0, 0.1) is 17.2 Å². The third kappa shape index (κ3) is 4.14. The molecule has 2 unspecified atom stereocenters. The fourth-order valence-electron chi connectivity index (χ4n) is 4.40. The molecule has 2 atom stereocenters. The number of hydrogen-bond donors (Lipinski definition) is 0. The number of fused-ring (bicyclic) bond motifs is 2. The van der Waals surface area contributed by atoms with Gasteiger partial charge in [-0.3, -0.25) is 4.79 Å². The monoisotopic (exact) mass is 384 g/mol. The van der Waals surface area contributed by atoms with Crippen molar-refractivity contribution < 1.29 is 19.1 Å². The molecule has 1 amide bonds. The first kappa shape index (κ1) is 20.2. The number of nitrogens with zero attached hydrogens (tertiary/aromatic N) is 2. The summed E-state index contributed by atoms with van der Waals surface area (Å²) in [6, 6.07) is 7.04. The zero-order valence-electron chi connectivity index (χ0n) is 17.0. The lowest BCUT2D eigenvalue weighted by Crippen LogP contribution is -2.56. The molecule has 0 radical (unpaired) electrons. The highest BCUT2D eigenvalue weighted by Crippen LogP contribution is 2.40. The molecule has 2 bridgehead atoms. The predicted molar refractivity (Wildman–Crippen MR) is 104 cm³/mol. The van der Waals surface area contributed by atoms with Crippen molar-refractivity contribution in [2.45, 2.75) is 70.6 Å². The Morgan fingerprint density at radius 3 is 2.36 bits per heavy atom. The van der Waals surface area contributed by atoms with Crippen LogP contribution in [0.1, 0.15) is 68.8 Å². The number of rotatable bonds is 3. The Morgan fingerprint density at radius 1 is 1.18 bits per heavy atom. The number of hydrogen-bond acceptors (Lipinski definition) is 5. The number of piperidine rings is 2. The van der Waals surface area contributed by atoms with Crippen molar-refractivity contribution >= 4 is 11.9 Å². The molecule has 1 aromatic rings. The van der Waals surface area contributed by atoms with Gasteiger partial charge in [0, 0.05) is 18.0 Å². The Kier molecular flexibility index (Phi) is 5.64. The number of amides is 1. The summed E-state index contributed by atoms with van der Waals surface area (Å²) in [5.74, 6) is 0.301. The fraction of sp³-hybridized carbons (Fsp3) is 0.591. The Morgan fingerprint density at radius 2 is 1.82 bits per heavy atom. The minimum absolute atomic E-state index is 0.00492. The lowest BCUT2D eigenvalue weighted by molar-refractivity contribution is -0.0261. The van der Waals surface area contributed by atoms with Gasteiger partial charge in [0.25, 0.3) is 0 Å². The molecule has 3 rings (SSSR count). The molecule has 0 N–H and O–H groups in total. The Balaban J connectivity index is 1.81. The molecule has 0 spiro atoms. The molecule has 2 heterocycles. The zero-order valence-corrected chi connectivity index (χ0v) is 17.0. The summed E-state index contributed by atoms with van der Waals surface area (Å²) in [7, 11) is 1.53. The van der Waals surface area contributed by atoms with Gasteiger partial charge in [0.05, 0.1) is 24.3 Å². The van der Waals surface area contributed by atoms with E-state index in [1.165, 1.54) is 7.11 Å². The second kappa shape index (κ2) is 7.83. The number of carbonyl (C=O) groups is 2. The van der Waals surface area contributed by atoms with Crippen LogP contribution in [0.2, 0.25) is 0 Å². The second-order valence-electron chi connectivity index (χ2n) is 8.69. The summed E-state index contributed by atoms with van der Waals surface area (Å²) in [4.78, 5) is 27.8. The third-order valence-corrected chi connectivity index (χ3v) is 5.54. The first-order chi connectivity index (χ1) is 13.2. The molecule has 0 aromatic heterocycles. The van der Waals surface area contributed by atoms with Gasteiger partial charge in [-0.2, -0.15) is 5.26 Å². The van der Waals surface area contributed by atoms with E-state index in [0.29, 0.717) is 29.7 Å². The summed E-state index contributed by atoms with van der Waals surface area (Å²) in [5.41, 5.74) is 0.356. The van der Waals surface area contributed by atoms with Crippen LogP contribution in [0.15, 0.2) is 18.2 Å². The molecule has 2 aliphatic heterocycles. The quantitative estimate of drug-likeness (QED) is 0.725. The lowest BCUT2D eigenvalue weighted by atomic mass is 9.75. The highest BCUT2D eigenvalue weighted by Gasteiger charge is 2.44. The number of nitriles is 1. The third-order valence-electron chi connectivity index (χ3n) is 5.54. The molecular weight excluding hydrogens is 356 g/mol. The molecule has 0 aliphatic carbocycles. The van der Waals surface area contributed by atoms with E-state index in [9.17, 15) is 14.9 Å². The van der Waals surface area contributed by atoms with Crippen LogP contribution in [0.5, 0.6) is 5.75 Å². The summed E-state index contributed by atoms with van der Waals surface area (Å²) in [6.45, 7) is 5.60. The van der Waals surface area contributed by atoms with Crippen molar-refractivity contribution in [3.63, 3.8) is 0 Å². The molecule has 6 nitrogen and oxygen atoms in total. The Bertz CT molecular complexity index is 792. The second-order valence-corrected chi connectivity index (χ2v) is 8.69. The summed E-state index contributed by atoms with van der Waals surface area (Å²) in [5, 5.41) is 9.18. The van der Waals surface area contributed by atoms with Gasteiger partial charge >= 0.3 is 6.09 Å². The smallest absolute Gasteiger partial charge is 0.410 e. The fourth-order valence-corrected chi connectivity index (χ4v) is 4.40. The molecular formula is C22H28N2O4. The molecule has 2 saturated heterocycles. The molecule has 28 heavy (non-hydrogen) atoms. The van der Waals surface area contributed by atoms with E-state index in [1.807, 2.05) is 25.7 Å². The van der Waals surface area contributed by atoms with Crippen LogP contribution < -0.4 is 4.74 Å². The van der Waals surface area contributed by atoms with E-state index < -0.39 is 5.60 Å². The van der Waals surface area contributed by atoms with E-state index in [1.54, 1.807) is 18.2 Å². The summed E-state index contributed by atoms with van der Waals surface area (Å²) in [6.07, 6.45) is 3.78. The SMILES string of the molecule is COc1ccc(C#N)cc1C(=O)C1CC2CCCC(C1)N2C(=O)OC(C)(C)C. The molecule has 6 heteroatoms. The first-order valence-electron chi connectivity index (χ1n) is 9.87. The van der Waals surface area contributed by atoms with E-state index >= 15 is 0 Å². The van der Waals surface area contributed by atoms with Gasteiger partial charge in [-0.25, -0.2) is 4.79 Å². The maximum Gasteiger partial charge on any atom is 0.410 e. The molecule has 2 aliphatic rings. The van der Waals surface area contributed by atoms with E-state index in [0.717, 1.165) is 19.3 Å². The van der Waals surface area contributed by atoms with Crippen LogP contribution >= 0.6 is 0 Å². The minimum atomic E-state index is -0.539. The van der Waals surface area contributed by atoms with Crippen LogP contribution in [-0.2, 0) is 4.74 Å². The van der Waals surface area contributed by atoms with Crippen molar-refractivity contribution in [3.05, 3.63) is 29.3 Å². The van der Waals surface area contributed by atoms with Crippen LogP contribution in [-0.4, -0.2) is 41.6 Å². The molecule has 0 saturated carbocycles. The normalized spacial score (nSPS) is 24.2. The summed E-state index contributed by atoms with van der Waals surface area (Å²) >= 11 is 0. The highest BCUT2D eigenvalue weighted by molar-refractivity contribution is 6.00. The number of ketones is 1. The standard InChI is InChI=1S/C22H28N2O4/c1-22(2,3)28-21(26)24-16-6-5-7-17(24)12-15(11-16)20(25)18-10-14(13-23)8-9-19(18)27-4/h8-10,15-17H,5-7,11-12H2,1-4H3. The van der Waals surface area contributed by atoms with Gasteiger partial charge in [0.2, 0.25) is 0 Å². The number of methoxy groups -OCH3 is 1. The predicted octanol–water partition coefficient (Wildman–Crippen LogP) is 4.32. The average molecular weight is 384 g/mol. The topological polar surface area (TPSA) is 79.6 Å². The van der Waals surface area contributed by atoms with Crippen LogP contribution in [0.3, 0.4) is 0 Å². The molecule has 150 valence electrons. The van der Waals surface area contributed by atoms with Crippen molar-refractivity contribution in [3.8, 4) is 11.8 Å². The maximum absolute atomic E-state index is 13.3. The maximum atomic E-state index is 13.3. The van der Waals surface area contributed by atoms with Crippen LogP contribution in [0.4, 0.5) is 4.79 Å². The van der Waals surface area contributed by atoms with E-state index in [4.69, 9.17) is 9.47 Å². The minimum Gasteiger partial charge on any atom is -0.496 e. The number of ether oxygens (including phenoxy) is 2. The number of Topliss-reactive ketones (excluding diaryl/α,β-unsaturated/α-hetero) is 1. The molecule has 2 fully saturated rings. The Labute approximate surface area is 166 Å². The average Bonchev–Trinajstić information content (AvgIpc) is 2.64. The zero-order chi connectivity index (χ0) is 20.5. The van der Waals surface area contributed by atoms with E-state index in [2.05, 4.69) is 6.07 Å². The molecule has 1 aromatic carbocycles. The van der Waals surface area contributed by atoms with Gasteiger partial charge in [0.15, 0.2) is 5.78 Å². The lowest BCUT2D eigenvalue weighted by Gasteiger charge is -2.48. The number of carbonyl (C=O) groups excluding carboxylic acids is 2. The van der Waals surface area contributed by atoms with E-state index in [-0.39, 0.29) is 29.9 Å². The van der Waals surface area contributed by atoms with Gasteiger partial charge in [-0.05, 0) is 71.1 Å². The highest BCUT2D eigenvalue weighted by atomic mass is 16.6. The van der Waals surface area contributed by atoms with Crippen molar-refractivity contribution in [1.82, 2.24) is 4.90 Å². The summed E-state index contributed by atoms with van der Waals surface area (Å²) < 4.78 is 11.0. The van der Waals surface area contributed by atoms with Gasteiger partial charge < -0.3 is 14.4 Å². The van der Waals surface area contributed by atoms with Gasteiger partial charge in [-0.15, -0.1) is 0 Å². The number of benzene rings is 1. The largest absolute Gasteiger partial charge is 0.496 e. The Hall–Kier alpha value is -2.55. The first-order valence-corrected chi connectivity index (χ1v) is 9.87. The van der Waals surface area contributed by atoms with Crippen molar-refractivity contribution in [2.24, 2.45) is 5.92 Å². The van der Waals surface area contributed by atoms with Gasteiger partial charge in [-0.1, -0.05) is 0 Å². The van der Waals surface area contributed by atoms with Gasteiger partial charge in [0.1, 0.15) is 11.4 Å². The van der Waals surface area contributed by atoms with Crippen LogP contribution in [0.25, 0.3) is 0 Å². The van der Waals surface area contributed by atoms with Crippen molar-refractivity contribution in [2.75, 3.05) is 7.11 Å². The van der Waals surface area contributed by atoms with Crippen molar-refractivity contribution in [1.29, 1.82) is 5.26 Å².